The molecule has 0 aliphatic carbocycles. The number of carboxylic acid groups (broad SMARTS) is 1. The van der Waals surface area contributed by atoms with Crippen molar-refractivity contribution >= 4 is 28.5 Å². The molecule has 2 aromatic carbocycles. The van der Waals surface area contributed by atoms with Crippen molar-refractivity contribution in [1.82, 2.24) is 4.57 Å². The zero-order valence-electron chi connectivity index (χ0n) is 13.2. The van der Waals surface area contributed by atoms with Gasteiger partial charge in [-0.05, 0) is 42.5 Å². The fraction of sp³-hybridized carbons (Fsp3) is 0.167. The number of methoxy groups -OCH3 is 2. The molecule has 6 heteroatoms. The van der Waals surface area contributed by atoms with Gasteiger partial charge in [0.05, 0.1) is 20.8 Å². The number of carboxylic acids is 1. The number of aromatic carboxylic acids is 1. The van der Waals surface area contributed by atoms with Crippen molar-refractivity contribution in [1.29, 1.82) is 0 Å². The van der Waals surface area contributed by atoms with Crippen molar-refractivity contribution in [3.8, 4) is 11.5 Å². The van der Waals surface area contributed by atoms with Gasteiger partial charge in [0.25, 0.3) is 0 Å². The molecular weight excluding hydrogens is 330 g/mol. The summed E-state index contributed by atoms with van der Waals surface area (Å²) in [5.74, 6) is 0.356. The lowest BCUT2D eigenvalue weighted by molar-refractivity contribution is 0.0686. The summed E-state index contributed by atoms with van der Waals surface area (Å²) >= 11 is 6.01. The molecular formula is C18H16ClNO4. The summed E-state index contributed by atoms with van der Waals surface area (Å²) in [6.07, 6.45) is 0. The normalized spacial score (nSPS) is 10.8. The van der Waals surface area contributed by atoms with Crippen LogP contribution in [0.2, 0.25) is 5.02 Å². The fourth-order valence-corrected chi connectivity index (χ4v) is 2.95. The van der Waals surface area contributed by atoms with Gasteiger partial charge in [0.15, 0.2) is 0 Å². The zero-order valence-corrected chi connectivity index (χ0v) is 14.0. The van der Waals surface area contributed by atoms with Gasteiger partial charge in [-0.15, -0.1) is 0 Å². The fourth-order valence-electron chi connectivity index (χ4n) is 2.77. The lowest BCUT2D eigenvalue weighted by Crippen LogP contribution is -2.10. The third kappa shape index (κ3) is 2.90. The minimum Gasteiger partial charge on any atom is -0.497 e. The average Bonchev–Trinajstić information content (AvgIpc) is 2.92. The number of nitrogens with zero attached hydrogens (tertiary/aromatic N) is 1. The Morgan fingerprint density at radius 2 is 1.92 bits per heavy atom. The van der Waals surface area contributed by atoms with E-state index in [1.54, 1.807) is 49.1 Å². The molecule has 3 rings (SSSR count). The van der Waals surface area contributed by atoms with E-state index in [1.165, 1.54) is 0 Å². The number of carbonyl (C=O) groups is 1. The van der Waals surface area contributed by atoms with Crippen molar-refractivity contribution in [2.24, 2.45) is 0 Å². The predicted octanol–water partition coefficient (Wildman–Crippen LogP) is 4.06. The second kappa shape index (κ2) is 6.45. The smallest absolute Gasteiger partial charge is 0.352 e. The van der Waals surface area contributed by atoms with Crippen LogP contribution in [0.5, 0.6) is 11.5 Å². The van der Waals surface area contributed by atoms with Crippen LogP contribution in [0.15, 0.2) is 42.5 Å². The predicted molar refractivity (Wildman–Crippen MR) is 92.6 cm³/mol. The number of aromatic nitrogens is 1. The highest BCUT2D eigenvalue weighted by molar-refractivity contribution is 6.31. The molecule has 0 atom stereocenters. The van der Waals surface area contributed by atoms with E-state index < -0.39 is 5.97 Å². The number of ether oxygens (including phenoxy) is 2. The van der Waals surface area contributed by atoms with E-state index in [4.69, 9.17) is 21.1 Å². The second-order valence-electron chi connectivity index (χ2n) is 5.30. The van der Waals surface area contributed by atoms with Gasteiger partial charge >= 0.3 is 5.97 Å². The molecule has 3 aromatic rings. The Hall–Kier alpha value is -2.66. The topological polar surface area (TPSA) is 60.7 Å². The van der Waals surface area contributed by atoms with Crippen LogP contribution in [0, 0.1) is 0 Å². The summed E-state index contributed by atoms with van der Waals surface area (Å²) in [5.41, 5.74) is 1.81. The van der Waals surface area contributed by atoms with E-state index in [0.29, 0.717) is 23.1 Å². The zero-order chi connectivity index (χ0) is 17.3. The summed E-state index contributed by atoms with van der Waals surface area (Å²) in [6, 6.07) is 12.4. The molecule has 0 saturated carbocycles. The molecule has 0 bridgehead atoms. The van der Waals surface area contributed by atoms with E-state index in [9.17, 15) is 9.90 Å². The summed E-state index contributed by atoms with van der Waals surface area (Å²) in [6.45, 7) is 0.340. The maximum absolute atomic E-state index is 11.6. The lowest BCUT2D eigenvalue weighted by Gasteiger charge is -2.13. The molecule has 1 N–H and O–H groups in total. The molecule has 5 nitrogen and oxygen atoms in total. The van der Waals surface area contributed by atoms with Gasteiger partial charge in [0, 0.05) is 21.5 Å². The van der Waals surface area contributed by atoms with Gasteiger partial charge in [-0.2, -0.15) is 0 Å². The highest BCUT2D eigenvalue weighted by atomic mass is 35.5. The first-order valence-corrected chi connectivity index (χ1v) is 7.64. The molecule has 124 valence electrons. The molecule has 24 heavy (non-hydrogen) atoms. The molecule has 0 aliphatic heterocycles. The summed E-state index contributed by atoms with van der Waals surface area (Å²) < 4.78 is 12.4. The van der Waals surface area contributed by atoms with Crippen molar-refractivity contribution in [2.45, 2.75) is 6.54 Å². The maximum atomic E-state index is 11.6. The third-order valence-electron chi connectivity index (χ3n) is 3.90. The van der Waals surface area contributed by atoms with Crippen molar-refractivity contribution < 1.29 is 19.4 Å². The van der Waals surface area contributed by atoms with Crippen LogP contribution in [0.1, 0.15) is 16.1 Å². The highest BCUT2D eigenvalue weighted by Crippen LogP contribution is 2.29. The summed E-state index contributed by atoms with van der Waals surface area (Å²) in [4.78, 5) is 11.6. The summed E-state index contributed by atoms with van der Waals surface area (Å²) in [7, 11) is 3.16. The minimum absolute atomic E-state index is 0.192. The third-order valence-corrected chi connectivity index (χ3v) is 4.13. The van der Waals surface area contributed by atoms with Crippen LogP contribution < -0.4 is 9.47 Å². The number of halogens is 1. The molecule has 0 fully saturated rings. The number of fused-ring (bicyclic) bond motifs is 1. The van der Waals surface area contributed by atoms with E-state index in [1.807, 2.05) is 12.1 Å². The van der Waals surface area contributed by atoms with Crippen LogP contribution in [0.3, 0.4) is 0 Å². The Morgan fingerprint density at radius 1 is 1.12 bits per heavy atom. The lowest BCUT2D eigenvalue weighted by atomic mass is 10.1. The van der Waals surface area contributed by atoms with Crippen molar-refractivity contribution in [2.75, 3.05) is 14.2 Å². The first-order chi connectivity index (χ1) is 11.5. The second-order valence-corrected chi connectivity index (χ2v) is 5.74. The molecule has 0 spiro atoms. The van der Waals surface area contributed by atoms with Crippen molar-refractivity contribution in [3.63, 3.8) is 0 Å². The molecule has 1 aromatic heterocycles. The van der Waals surface area contributed by atoms with Crippen LogP contribution in [0.4, 0.5) is 0 Å². The quantitative estimate of drug-likeness (QED) is 0.757. The van der Waals surface area contributed by atoms with Crippen LogP contribution in [0.25, 0.3) is 10.9 Å². The van der Waals surface area contributed by atoms with Gasteiger partial charge < -0.3 is 19.1 Å². The number of hydrogen-bond donors (Lipinski definition) is 1. The monoisotopic (exact) mass is 345 g/mol. The maximum Gasteiger partial charge on any atom is 0.352 e. The minimum atomic E-state index is -0.996. The average molecular weight is 346 g/mol. The van der Waals surface area contributed by atoms with Crippen LogP contribution in [-0.2, 0) is 6.54 Å². The van der Waals surface area contributed by atoms with Crippen molar-refractivity contribution in [3.05, 3.63) is 58.7 Å². The molecule has 0 unspecified atom stereocenters. The Morgan fingerprint density at radius 3 is 2.58 bits per heavy atom. The summed E-state index contributed by atoms with van der Waals surface area (Å²) in [5, 5.41) is 10.9. The largest absolute Gasteiger partial charge is 0.497 e. The SMILES string of the molecule is COc1ccc(OC)c(Cn2c(C(=O)O)cc3cc(Cl)ccc32)c1. The Labute approximate surface area is 144 Å². The first kappa shape index (κ1) is 16.2. The first-order valence-electron chi connectivity index (χ1n) is 7.26. The van der Waals surface area contributed by atoms with Crippen LogP contribution in [-0.4, -0.2) is 29.9 Å². The Balaban J connectivity index is 2.16. The van der Waals surface area contributed by atoms with E-state index in [0.717, 1.165) is 16.5 Å². The molecule has 0 amide bonds. The Kier molecular flexibility index (Phi) is 4.36. The standard InChI is InChI=1S/C18H16ClNO4/c1-23-14-4-6-17(24-2)12(8-14)10-20-15-5-3-13(19)7-11(15)9-16(20)18(21)22/h3-9H,10H2,1-2H3,(H,21,22). The Bertz CT molecular complexity index is 917. The van der Waals surface area contributed by atoms with Crippen LogP contribution >= 0.6 is 11.6 Å². The van der Waals surface area contributed by atoms with E-state index in [2.05, 4.69) is 0 Å². The molecule has 1 heterocycles. The van der Waals surface area contributed by atoms with Gasteiger partial charge in [-0.25, -0.2) is 4.79 Å². The number of rotatable bonds is 5. The molecule has 0 radical (unpaired) electrons. The van der Waals surface area contributed by atoms with E-state index in [-0.39, 0.29) is 5.69 Å². The molecule has 0 saturated heterocycles. The molecule has 0 aliphatic rings. The van der Waals surface area contributed by atoms with E-state index >= 15 is 0 Å². The highest BCUT2D eigenvalue weighted by Gasteiger charge is 2.17. The van der Waals surface area contributed by atoms with Gasteiger partial charge in [0.2, 0.25) is 0 Å². The number of benzene rings is 2. The van der Waals surface area contributed by atoms with Gasteiger partial charge in [-0.1, -0.05) is 11.6 Å². The van der Waals surface area contributed by atoms with Gasteiger partial charge in [-0.3, -0.25) is 0 Å². The number of hydrogen-bond acceptors (Lipinski definition) is 3. The van der Waals surface area contributed by atoms with Gasteiger partial charge in [0.1, 0.15) is 17.2 Å².